The van der Waals surface area contributed by atoms with E-state index in [1.165, 1.54) is 17.4 Å². The van der Waals surface area contributed by atoms with Gasteiger partial charge in [-0.3, -0.25) is 10.1 Å². The van der Waals surface area contributed by atoms with Crippen molar-refractivity contribution in [1.82, 2.24) is 4.98 Å². The number of nitrogens with zero attached hydrogens (tertiary/aromatic N) is 2. The van der Waals surface area contributed by atoms with Crippen molar-refractivity contribution in [3.63, 3.8) is 0 Å². The highest BCUT2D eigenvalue weighted by Crippen LogP contribution is 2.29. The summed E-state index contributed by atoms with van der Waals surface area (Å²) in [6.45, 7) is 2.37. The molecule has 0 aliphatic carbocycles. The Morgan fingerprint density at radius 2 is 2.30 bits per heavy atom. The second-order valence-corrected chi connectivity index (χ2v) is 6.33. The van der Waals surface area contributed by atoms with Gasteiger partial charge < -0.3 is 5.32 Å². The predicted octanol–water partition coefficient (Wildman–Crippen LogP) is 3.97. The van der Waals surface area contributed by atoms with E-state index in [0.717, 1.165) is 22.4 Å². The summed E-state index contributed by atoms with van der Waals surface area (Å²) in [5.74, 6) is -0.480. The van der Waals surface area contributed by atoms with E-state index in [0.29, 0.717) is 6.54 Å². The van der Waals surface area contributed by atoms with Gasteiger partial charge >= 0.3 is 0 Å². The Labute approximate surface area is 132 Å². The summed E-state index contributed by atoms with van der Waals surface area (Å²) in [6.07, 6.45) is 2.68. The third-order valence-corrected chi connectivity index (χ3v) is 4.58. The number of halogens is 2. The smallest absolute Gasteiger partial charge is 0.293 e. The predicted molar refractivity (Wildman–Crippen MR) is 84.6 cm³/mol. The van der Waals surface area contributed by atoms with Gasteiger partial charge in [0.25, 0.3) is 5.69 Å². The van der Waals surface area contributed by atoms with E-state index in [4.69, 9.17) is 0 Å². The van der Waals surface area contributed by atoms with Gasteiger partial charge in [-0.05, 0) is 29.0 Å². The van der Waals surface area contributed by atoms with Gasteiger partial charge in [0.1, 0.15) is 16.5 Å². The van der Waals surface area contributed by atoms with Gasteiger partial charge in [0.05, 0.1) is 15.0 Å². The molecule has 0 spiro atoms. The van der Waals surface area contributed by atoms with Crippen molar-refractivity contribution < 1.29 is 9.31 Å². The highest BCUT2D eigenvalue weighted by atomic mass is 127. The third-order valence-electron chi connectivity index (χ3n) is 2.62. The van der Waals surface area contributed by atoms with Crippen molar-refractivity contribution in [1.29, 1.82) is 0 Å². The number of anilines is 1. The molecule has 8 heteroatoms. The van der Waals surface area contributed by atoms with Gasteiger partial charge in [-0.2, -0.15) is 0 Å². The molecular weight excluding hydrogens is 396 g/mol. The molecule has 2 aromatic rings. The first kappa shape index (κ1) is 15.1. The van der Waals surface area contributed by atoms with Crippen LogP contribution in [0.3, 0.4) is 0 Å². The zero-order valence-electron chi connectivity index (χ0n) is 10.5. The van der Waals surface area contributed by atoms with Crippen LogP contribution in [0.5, 0.6) is 0 Å². The number of benzene rings is 1. The topological polar surface area (TPSA) is 68.1 Å². The molecule has 0 bridgehead atoms. The Morgan fingerprint density at radius 1 is 1.55 bits per heavy atom. The zero-order chi connectivity index (χ0) is 14.7. The van der Waals surface area contributed by atoms with E-state index in [1.807, 2.05) is 6.92 Å². The number of thiazole rings is 1. The maximum atomic E-state index is 13.5. The minimum atomic E-state index is -0.525. The monoisotopic (exact) mass is 407 g/mol. The van der Waals surface area contributed by atoms with E-state index >= 15 is 0 Å². The molecule has 0 atom stereocenters. The molecule has 1 N–H and O–H groups in total. The molecule has 0 saturated carbocycles. The highest BCUT2D eigenvalue weighted by Gasteiger charge is 2.17. The van der Waals surface area contributed by atoms with Crippen LogP contribution in [0.4, 0.5) is 15.8 Å². The summed E-state index contributed by atoms with van der Waals surface area (Å²) >= 11 is 3.27. The summed E-state index contributed by atoms with van der Waals surface area (Å²) in [5, 5.41) is 14.7. The summed E-state index contributed by atoms with van der Waals surface area (Å²) in [5.41, 5.74) is 0.0317. The van der Waals surface area contributed by atoms with Crippen molar-refractivity contribution in [2.75, 3.05) is 5.32 Å². The van der Waals surface area contributed by atoms with Gasteiger partial charge in [0.2, 0.25) is 0 Å². The number of nitro benzene ring substituents is 1. The van der Waals surface area contributed by atoms with Gasteiger partial charge in [-0.1, -0.05) is 6.92 Å². The van der Waals surface area contributed by atoms with Gasteiger partial charge in [0, 0.05) is 23.2 Å². The minimum absolute atomic E-state index is 0.136. The Balaban J connectivity index is 2.20. The van der Waals surface area contributed by atoms with E-state index in [2.05, 4.69) is 10.3 Å². The fraction of sp³-hybridized carbons (Fsp3) is 0.250. The molecule has 0 aliphatic heterocycles. The first-order chi connectivity index (χ1) is 9.51. The van der Waals surface area contributed by atoms with Gasteiger partial charge in [0.15, 0.2) is 0 Å². The van der Waals surface area contributed by atoms with E-state index < -0.39 is 10.7 Å². The Morgan fingerprint density at radius 3 is 2.90 bits per heavy atom. The van der Waals surface area contributed by atoms with Crippen LogP contribution >= 0.6 is 33.9 Å². The molecule has 1 aromatic carbocycles. The second kappa shape index (κ2) is 6.44. The van der Waals surface area contributed by atoms with E-state index in [9.17, 15) is 14.5 Å². The fourth-order valence-electron chi connectivity index (χ4n) is 1.59. The lowest BCUT2D eigenvalue weighted by atomic mass is 10.2. The van der Waals surface area contributed by atoms with E-state index in [1.54, 1.807) is 28.8 Å². The second-order valence-electron chi connectivity index (χ2n) is 3.97. The van der Waals surface area contributed by atoms with Gasteiger partial charge in [-0.25, -0.2) is 9.37 Å². The zero-order valence-corrected chi connectivity index (χ0v) is 13.5. The largest absolute Gasteiger partial charge is 0.373 e. The minimum Gasteiger partial charge on any atom is -0.373 e. The van der Waals surface area contributed by atoms with Crippen LogP contribution in [0, 0.1) is 19.5 Å². The first-order valence-electron chi connectivity index (χ1n) is 5.82. The molecule has 0 aliphatic rings. The summed E-state index contributed by atoms with van der Waals surface area (Å²) in [7, 11) is 0. The summed E-state index contributed by atoms with van der Waals surface area (Å²) < 4.78 is 13.7. The maximum absolute atomic E-state index is 13.5. The van der Waals surface area contributed by atoms with Crippen LogP contribution in [-0.2, 0) is 13.0 Å². The van der Waals surface area contributed by atoms with E-state index in [-0.39, 0.29) is 14.9 Å². The van der Waals surface area contributed by atoms with Crippen LogP contribution in [0.15, 0.2) is 18.3 Å². The van der Waals surface area contributed by atoms with Crippen LogP contribution in [0.25, 0.3) is 0 Å². The lowest BCUT2D eigenvalue weighted by molar-refractivity contribution is -0.384. The summed E-state index contributed by atoms with van der Waals surface area (Å²) in [6, 6.07) is 2.37. The van der Waals surface area contributed by atoms with Crippen molar-refractivity contribution in [3.8, 4) is 0 Å². The van der Waals surface area contributed by atoms with Gasteiger partial charge in [-0.15, -0.1) is 11.3 Å². The van der Waals surface area contributed by atoms with Crippen molar-refractivity contribution in [3.05, 3.63) is 47.7 Å². The molecule has 2 rings (SSSR count). The van der Waals surface area contributed by atoms with Crippen LogP contribution in [-0.4, -0.2) is 9.91 Å². The first-order valence-corrected chi connectivity index (χ1v) is 7.71. The number of aryl methyl sites for hydroxylation is 1. The number of nitro groups is 1. The fourth-order valence-corrected chi connectivity index (χ4v) is 2.85. The third kappa shape index (κ3) is 3.42. The SMILES string of the molecule is CCc1cnc(CNc2cc(F)c(I)cc2[N+](=O)[O-])s1. The molecule has 106 valence electrons. The lowest BCUT2D eigenvalue weighted by Gasteiger charge is -2.06. The molecule has 1 heterocycles. The quantitative estimate of drug-likeness (QED) is 0.463. The molecule has 0 unspecified atom stereocenters. The average Bonchev–Trinajstić information content (AvgIpc) is 2.87. The van der Waals surface area contributed by atoms with Crippen LogP contribution in [0.1, 0.15) is 16.8 Å². The molecule has 5 nitrogen and oxygen atoms in total. The van der Waals surface area contributed by atoms with Crippen LogP contribution in [0.2, 0.25) is 0 Å². The number of aromatic nitrogens is 1. The molecule has 0 fully saturated rings. The number of hydrogen-bond donors (Lipinski definition) is 1. The normalized spacial score (nSPS) is 10.6. The standard InChI is InChI=1S/C12H11FIN3O2S/c1-2-7-5-16-12(20-7)6-15-10-3-8(13)9(14)4-11(10)17(18)19/h3-5,15H,2,6H2,1H3. The Kier molecular flexibility index (Phi) is 4.86. The number of hydrogen-bond acceptors (Lipinski definition) is 5. The maximum Gasteiger partial charge on any atom is 0.293 e. The highest BCUT2D eigenvalue weighted by molar-refractivity contribution is 14.1. The Hall–Kier alpha value is -1.29. The molecule has 0 radical (unpaired) electrons. The average molecular weight is 407 g/mol. The lowest BCUT2D eigenvalue weighted by Crippen LogP contribution is -2.03. The Bertz CT molecular complexity index is 648. The van der Waals surface area contributed by atoms with Crippen molar-refractivity contribution >= 4 is 45.3 Å². The molecule has 0 saturated heterocycles. The number of rotatable bonds is 5. The van der Waals surface area contributed by atoms with Crippen LogP contribution < -0.4 is 5.32 Å². The molecule has 20 heavy (non-hydrogen) atoms. The molecular formula is C12H11FIN3O2S. The molecule has 1 aromatic heterocycles. The molecule has 0 amide bonds. The summed E-state index contributed by atoms with van der Waals surface area (Å²) in [4.78, 5) is 15.8. The number of nitrogens with one attached hydrogen (secondary N) is 1. The van der Waals surface area contributed by atoms with Crippen molar-refractivity contribution in [2.24, 2.45) is 0 Å². The van der Waals surface area contributed by atoms with Crippen molar-refractivity contribution in [2.45, 2.75) is 19.9 Å².